The highest BCUT2D eigenvalue weighted by Crippen LogP contribution is 2.30. The summed E-state index contributed by atoms with van der Waals surface area (Å²) < 4.78 is 0. The SMILES string of the molecule is Cc1cc(C)c(O)c(N(N)N=C2CC=CC=CC2)c1. The standard InChI is InChI=1S/C15H19N3O/c1-11-9-12(2)15(19)14(10-11)18(16)17-13-7-5-3-4-6-8-13/h3-6,9-10,19H,7-8,16H2,1-2H3. The van der Waals surface area contributed by atoms with E-state index in [1.165, 1.54) is 5.12 Å². The zero-order valence-corrected chi connectivity index (χ0v) is 11.3. The normalized spacial score (nSPS) is 14.4. The first-order valence-electron chi connectivity index (χ1n) is 6.31. The molecular weight excluding hydrogens is 238 g/mol. The van der Waals surface area contributed by atoms with E-state index in [1.54, 1.807) is 0 Å². The monoisotopic (exact) mass is 257 g/mol. The second kappa shape index (κ2) is 5.71. The number of benzene rings is 1. The molecule has 0 atom stereocenters. The van der Waals surface area contributed by atoms with Crippen LogP contribution in [0, 0.1) is 13.8 Å². The Bertz CT molecular complexity index is 543. The predicted molar refractivity (Wildman–Crippen MR) is 79.2 cm³/mol. The van der Waals surface area contributed by atoms with Crippen molar-refractivity contribution in [3.05, 3.63) is 47.6 Å². The van der Waals surface area contributed by atoms with E-state index in [4.69, 9.17) is 5.84 Å². The maximum Gasteiger partial charge on any atom is 0.145 e. The molecule has 0 saturated heterocycles. The third kappa shape index (κ3) is 3.23. The zero-order chi connectivity index (χ0) is 13.8. The molecule has 4 nitrogen and oxygen atoms in total. The van der Waals surface area contributed by atoms with E-state index < -0.39 is 0 Å². The van der Waals surface area contributed by atoms with Gasteiger partial charge in [0.1, 0.15) is 11.4 Å². The molecule has 4 heteroatoms. The number of phenolic OH excluding ortho intramolecular Hbond substituents is 1. The maximum atomic E-state index is 10.1. The van der Waals surface area contributed by atoms with Crippen LogP contribution in [0.1, 0.15) is 24.0 Å². The lowest BCUT2D eigenvalue weighted by Crippen LogP contribution is -2.26. The topological polar surface area (TPSA) is 61.8 Å². The summed E-state index contributed by atoms with van der Waals surface area (Å²) in [6.45, 7) is 3.82. The molecule has 0 amide bonds. The molecule has 1 aliphatic rings. The Hall–Kier alpha value is -2.07. The lowest BCUT2D eigenvalue weighted by atomic mass is 10.1. The minimum absolute atomic E-state index is 0.178. The Morgan fingerprint density at radius 2 is 1.79 bits per heavy atom. The summed E-state index contributed by atoms with van der Waals surface area (Å²) in [7, 11) is 0. The Morgan fingerprint density at radius 3 is 2.42 bits per heavy atom. The molecule has 1 aromatic rings. The van der Waals surface area contributed by atoms with Gasteiger partial charge in [0, 0.05) is 18.6 Å². The van der Waals surface area contributed by atoms with E-state index in [1.807, 2.05) is 50.3 Å². The summed E-state index contributed by atoms with van der Waals surface area (Å²) in [4.78, 5) is 0. The van der Waals surface area contributed by atoms with Gasteiger partial charge < -0.3 is 5.11 Å². The fourth-order valence-electron chi connectivity index (χ4n) is 2.05. The minimum atomic E-state index is 0.178. The van der Waals surface area contributed by atoms with Gasteiger partial charge in [0.05, 0.1) is 0 Å². The Balaban J connectivity index is 2.29. The van der Waals surface area contributed by atoms with Crippen molar-refractivity contribution >= 4 is 11.4 Å². The van der Waals surface area contributed by atoms with Crippen molar-refractivity contribution in [3.63, 3.8) is 0 Å². The van der Waals surface area contributed by atoms with Crippen molar-refractivity contribution in [3.8, 4) is 5.75 Å². The average Bonchev–Trinajstić information content (AvgIpc) is 2.62. The van der Waals surface area contributed by atoms with Crippen molar-refractivity contribution in [2.45, 2.75) is 26.7 Å². The number of anilines is 1. The summed E-state index contributed by atoms with van der Waals surface area (Å²) in [5, 5.41) is 15.7. The molecule has 0 fully saturated rings. The van der Waals surface area contributed by atoms with Crippen molar-refractivity contribution in [1.82, 2.24) is 0 Å². The van der Waals surface area contributed by atoms with Gasteiger partial charge in [-0.05, 0) is 31.0 Å². The Morgan fingerprint density at radius 1 is 1.16 bits per heavy atom. The Labute approximate surface area is 113 Å². The summed E-state index contributed by atoms with van der Waals surface area (Å²) in [5.74, 6) is 6.13. The average molecular weight is 257 g/mol. The van der Waals surface area contributed by atoms with Crippen LogP contribution in [0.4, 0.5) is 5.69 Å². The highest BCUT2D eigenvalue weighted by atomic mass is 16.3. The van der Waals surface area contributed by atoms with E-state index in [2.05, 4.69) is 5.10 Å². The van der Waals surface area contributed by atoms with Gasteiger partial charge >= 0.3 is 0 Å². The molecule has 0 bridgehead atoms. The molecule has 2 rings (SSSR count). The number of hydrazone groups is 1. The molecule has 3 N–H and O–H groups in total. The number of rotatable bonds is 2. The third-order valence-electron chi connectivity index (χ3n) is 3.01. The van der Waals surface area contributed by atoms with Crippen LogP contribution >= 0.6 is 0 Å². The lowest BCUT2D eigenvalue weighted by Gasteiger charge is -2.17. The number of aromatic hydroxyl groups is 1. The highest BCUT2D eigenvalue weighted by molar-refractivity contribution is 5.88. The summed E-state index contributed by atoms with van der Waals surface area (Å²) in [5.41, 5.74) is 3.33. The number of allylic oxidation sites excluding steroid dienone is 4. The molecule has 0 heterocycles. The van der Waals surface area contributed by atoms with Gasteiger partial charge in [-0.3, -0.25) is 0 Å². The third-order valence-corrected chi connectivity index (χ3v) is 3.01. The summed E-state index contributed by atoms with van der Waals surface area (Å²) >= 11 is 0. The van der Waals surface area contributed by atoms with E-state index in [0.717, 1.165) is 29.7 Å². The van der Waals surface area contributed by atoms with Gasteiger partial charge in [-0.25, -0.2) is 5.84 Å². The van der Waals surface area contributed by atoms with Crippen molar-refractivity contribution in [2.75, 3.05) is 5.12 Å². The van der Waals surface area contributed by atoms with Crippen LogP contribution in [0.15, 0.2) is 41.5 Å². The summed E-state index contributed by atoms with van der Waals surface area (Å²) in [6.07, 6.45) is 9.61. The van der Waals surface area contributed by atoms with Crippen LogP contribution in [0.5, 0.6) is 5.75 Å². The van der Waals surface area contributed by atoms with Crippen molar-refractivity contribution in [1.29, 1.82) is 0 Å². The number of nitrogens with two attached hydrogens (primary N) is 1. The Kier molecular flexibility index (Phi) is 4.02. The van der Waals surface area contributed by atoms with Gasteiger partial charge in [0.2, 0.25) is 0 Å². The highest BCUT2D eigenvalue weighted by Gasteiger charge is 2.11. The second-order valence-electron chi connectivity index (χ2n) is 4.72. The van der Waals surface area contributed by atoms with Crippen LogP contribution in [0.2, 0.25) is 0 Å². The van der Waals surface area contributed by atoms with E-state index in [9.17, 15) is 5.11 Å². The molecule has 0 aromatic heterocycles. The molecular formula is C15H19N3O. The molecule has 1 aliphatic carbocycles. The van der Waals surface area contributed by atoms with Gasteiger partial charge in [0.15, 0.2) is 0 Å². The van der Waals surface area contributed by atoms with E-state index in [-0.39, 0.29) is 5.75 Å². The number of hydrogen-bond acceptors (Lipinski definition) is 4. The summed E-state index contributed by atoms with van der Waals surface area (Å²) in [6, 6.07) is 3.74. The molecule has 19 heavy (non-hydrogen) atoms. The number of hydrazine groups is 1. The first-order chi connectivity index (χ1) is 9.08. The quantitative estimate of drug-likeness (QED) is 0.632. The van der Waals surface area contributed by atoms with Gasteiger partial charge in [-0.2, -0.15) is 10.2 Å². The fourth-order valence-corrected chi connectivity index (χ4v) is 2.05. The van der Waals surface area contributed by atoms with E-state index >= 15 is 0 Å². The lowest BCUT2D eigenvalue weighted by molar-refractivity contribution is 0.470. The molecule has 0 saturated carbocycles. The van der Waals surface area contributed by atoms with Gasteiger partial charge in [-0.15, -0.1) is 0 Å². The first kappa shape index (κ1) is 13.4. The number of aryl methyl sites for hydroxylation is 2. The zero-order valence-electron chi connectivity index (χ0n) is 11.3. The predicted octanol–water partition coefficient (Wildman–Crippen LogP) is 2.95. The smallest absolute Gasteiger partial charge is 0.145 e. The second-order valence-corrected chi connectivity index (χ2v) is 4.72. The number of nitrogens with zero attached hydrogens (tertiary/aromatic N) is 2. The van der Waals surface area contributed by atoms with Crippen LogP contribution in [0.25, 0.3) is 0 Å². The number of hydrogen-bond donors (Lipinski definition) is 2. The molecule has 0 aliphatic heterocycles. The molecule has 0 unspecified atom stereocenters. The largest absolute Gasteiger partial charge is 0.505 e. The van der Waals surface area contributed by atoms with Crippen LogP contribution in [0.3, 0.4) is 0 Å². The number of phenols is 1. The molecule has 1 aromatic carbocycles. The van der Waals surface area contributed by atoms with Gasteiger partial charge in [-0.1, -0.05) is 30.4 Å². The van der Waals surface area contributed by atoms with Crippen molar-refractivity contribution < 1.29 is 5.11 Å². The van der Waals surface area contributed by atoms with Gasteiger partial charge in [0.25, 0.3) is 0 Å². The van der Waals surface area contributed by atoms with Crippen LogP contribution in [-0.2, 0) is 0 Å². The molecule has 100 valence electrons. The van der Waals surface area contributed by atoms with E-state index in [0.29, 0.717) is 5.69 Å². The van der Waals surface area contributed by atoms with Crippen LogP contribution in [-0.4, -0.2) is 10.8 Å². The van der Waals surface area contributed by atoms with Crippen molar-refractivity contribution in [2.24, 2.45) is 10.9 Å². The fraction of sp³-hybridized carbons (Fsp3) is 0.267. The maximum absolute atomic E-state index is 10.1. The van der Waals surface area contributed by atoms with Crippen LogP contribution < -0.4 is 11.0 Å². The first-order valence-corrected chi connectivity index (χ1v) is 6.31. The minimum Gasteiger partial charge on any atom is -0.505 e. The molecule has 0 spiro atoms. The molecule has 0 radical (unpaired) electrons.